The van der Waals surface area contributed by atoms with E-state index < -0.39 is 11.9 Å². The van der Waals surface area contributed by atoms with Crippen molar-refractivity contribution >= 4 is 17.6 Å². The molecule has 4 atom stereocenters. The summed E-state index contributed by atoms with van der Waals surface area (Å²) in [5, 5.41) is 10.6. The number of carbonyl (C=O) groups excluding carboxylic acids is 1. The normalized spacial score (nSPS) is 20.9. The van der Waals surface area contributed by atoms with Crippen LogP contribution in [0.4, 0.5) is 5.69 Å². The maximum absolute atomic E-state index is 13.9. The molecule has 0 bridgehead atoms. The number of aromatic nitrogens is 1. The van der Waals surface area contributed by atoms with E-state index in [1.165, 1.54) is 0 Å². The summed E-state index contributed by atoms with van der Waals surface area (Å²) in [6.45, 7) is 7.78. The Labute approximate surface area is 237 Å². The third kappa shape index (κ3) is 6.52. The fraction of sp³-hybridized carbons (Fsp3) is 0.581. The predicted molar refractivity (Wildman–Crippen MR) is 152 cm³/mol. The van der Waals surface area contributed by atoms with E-state index >= 15 is 0 Å². The Morgan fingerprint density at radius 1 is 1.25 bits per heavy atom. The molecule has 4 rings (SSSR count). The van der Waals surface area contributed by atoms with Gasteiger partial charge in [0.05, 0.1) is 19.6 Å². The van der Waals surface area contributed by atoms with Crippen molar-refractivity contribution in [2.75, 3.05) is 38.4 Å². The number of anilines is 1. The summed E-state index contributed by atoms with van der Waals surface area (Å²) >= 11 is 0. The number of rotatable bonds is 13. The summed E-state index contributed by atoms with van der Waals surface area (Å²) in [6.07, 6.45) is 8.52. The lowest BCUT2D eigenvalue weighted by molar-refractivity contribution is -0.670. The first-order valence-electron chi connectivity index (χ1n) is 14.5. The van der Waals surface area contributed by atoms with E-state index in [1.54, 1.807) is 7.11 Å². The maximum Gasteiger partial charge on any atom is 0.308 e. The van der Waals surface area contributed by atoms with E-state index in [2.05, 4.69) is 25.7 Å². The molecule has 2 aromatic rings. The molecule has 3 heterocycles. The third-order valence-corrected chi connectivity index (χ3v) is 8.18. The minimum Gasteiger partial charge on any atom is -0.493 e. The molecule has 1 N–H and O–H groups in total. The number of likely N-dealkylation sites (tertiary alicyclic amines) is 1. The SMILES string of the molecule is CCCCN(C(=O)CN1C[C@H](c2cc(OC)c3c(c2)OCO3)[C@@H](C(=O)O)[C@@H]1CC(C)CCC)c1ccc[n+](C)c1. The van der Waals surface area contributed by atoms with Gasteiger partial charge in [0.25, 0.3) is 0 Å². The Kier molecular flexibility index (Phi) is 9.90. The van der Waals surface area contributed by atoms with Crippen LogP contribution in [-0.2, 0) is 16.6 Å². The molecule has 2 aliphatic rings. The van der Waals surface area contributed by atoms with Crippen LogP contribution in [0.15, 0.2) is 36.7 Å². The van der Waals surface area contributed by atoms with E-state index in [1.807, 2.05) is 53.2 Å². The van der Waals surface area contributed by atoms with Crippen LogP contribution >= 0.6 is 0 Å². The first kappa shape index (κ1) is 29.6. The molecule has 2 aliphatic heterocycles. The van der Waals surface area contributed by atoms with Gasteiger partial charge in [-0.15, -0.1) is 0 Å². The van der Waals surface area contributed by atoms with Gasteiger partial charge in [0.2, 0.25) is 18.4 Å². The van der Waals surface area contributed by atoms with E-state index in [0.29, 0.717) is 42.7 Å². The number of hydrogen-bond donors (Lipinski definition) is 1. The molecule has 40 heavy (non-hydrogen) atoms. The summed E-state index contributed by atoms with van der Waals surface area (Å²) in [7, 11) is 3.51. The topological polar surface area (TPSA) is 92.4 Å². The molecule has 1 amide bonds. The van der Waals surface area contributed by atoms with Gasteiger partial charge in [-0.2, -0.15) is 0 Å². The number of carbonyl (C=O) groups is 2. The van der Waals surface area contributed by atoms with Crippen molar-refractivity contribution in [1.29, 1.82) is 0 Å². The molecule has 9 heteroatoms. The Hall–Kier alpha value is -3.33. The molecule has 1 saturated heterocycles. The number of aryl methyl sites for hydroxylation is 1. The first-order valence-corrected chi connectivity index (χ1v) is 14.5. The van der Waals surface area contributed by atoms with Gasteiger partial charge in [-0.3, -0.25) is 14.5 Å². The lowest BCUT2D eigenvalue weighted by atomic mass is 9.81. The van der Waals surface area contributed by atoms with Crippen LogP contribution in [0.25, 0.3) is 0 Å². The summed E-state index contributed by atoms with van der Waals surface area (Å²) in [4.78, 5) is 30.8. The van der Waals surface area contributed by atoms with Gasteiger partial charge in [-0.25, -0.2) is 4.57 Å². The number of ether oxygens (including phenoxy) is 3. The average Bonchev–Trinajstić information content (AvgIpc) is 3.53. The number of amides is 1. The second-order valence-corrected chi connectivity index (χ2v) is 11.2. The van der Waals surface area contributed by atoms with Crippen LogP contribution < -0.4 is 23.7 Å². The molecule has 1 aromatic heterocycles. The molecule has 0 radical (unpaired) electrons. The highest BCUT2D eigenvalue weighted by Gasteiger charge is 2.48. The van der Waals surface area contributed by atoms with Crippen LogP contribution in [0.1, 0.15) is 64.4 Å². The van der Waals surface area contributed by atoms with Crippen molar-refractivity contribution in [1.82, 2.24) is 4.90 Å². The summed E-state index contributed by atoms with van der Waals surface area (Å²) in [5.41, 5.74) is 1.68. The van der Waals surface area contributed by atoms with Gasteiger partial charge in [-0.1, -0.05) is 40.0 Å². The molecule has 1 unspecified atom stereocenters. The minimum absolute atomic E-state index is 0.0131. The number of carboxylic acid groups (broad SMARTS) is 1. The second-order valence-electron chi connectivity index (χ2n) is 11.2. The number of hydrogen-bond acceptors (Lipinski definition) is 6. The van der Waals surface area contributed by atoms with Crippen LogP contribution in [-0.4, -0.2) is 61.5 Å². The van der Waals surface area contributed by atoms with Gasteiger partial charge in [0.1, 0.15) is 12.7 Å². The van der Waals surface area contributed by atoms with Crippen molar-refractivity contribution in [3.63, 3.8) is 0 Å². The minimum atomic E-state index is -0.844. The Morgan fingerprint density at radius 3 is 2.73 bits per heavy atom. The molecular formula is C31H44N3O6+. The van der Waals surface area contributed by atoms with Crippen LogP contribution in [0.3, 0.4) is 0 Å². The highest BCUT2D eigenvalue weighted by molar-refractivity contribution is 5.94. The molecule has 0 spiro atoms. The van der Waals surface area contributed by atoms with Crippen molar-refractivity contribution in [3.05, 3.63) is 42.2 Å². The quantitative estimate of drug-likeness (QED) is 0.368. The molecule has 1 aromatic carbocycles. The number of benzene rings is 1. The van der Waals surface area contributed by atoms with Gasteiger partial charge >= 0.3 is 5.97 Å². The number of fused-ring (bicyclic) bond motifs is 1. The second kappa shape index (κ2) is 13.4. The lowest BCUT2D eigenvalue weighted by Crippen LogP contribution is -2.45. The Morgan fingerprint density at radius 2 is 2.05 bits per heavy atom. The number of unbranched alkanes of at least 4 members (excludes halogenated alkanes) is 1. The molecule has 218 valence electrons. The van der Waals surface area contributed by atoms with Gasteiger partial charge in [0, 0.05) is 31.1 Å². The van der Waals surface area contributed by atoms with Crippen LogP contribution in [0.2, 0.25) is 0 Å². The van der Waals surface area contributed by atoms with Gasteiger partial charge < -0.3 is 24.2 Å². The van der Waals surface area contributed by atoms with E-state index in [9.17, 15) is 14.7 Å². The van der Waals surface area contributed by atoms with Crippen molar-refractivity contribution in [2.45, 2.75) is 64.8 Å². The van der Waals surface area contributed by atoms with Crippen LogP contribution in [0.5, 0.6) is 17.2 Å². The number of methoxy groups -OCH3 is 1. The molecule has 9 nitrogen and oxygen atoms in total. The molecule has 1 fully saturated rings. The Balaban J connectivity index is 1.68. The lowest BCUT2D eigenvalue weighted by Gasteiger charge is -2.31. The highest BCUT2D eigenvalue weighted by atomic mass is 16.7. The zero-order valence-electron chi connectivity index (χ0n) is 24.5. The molecule has 0 aliphatic carbocycles. The molecule has 0 saturated carbocycles. The first-order chi connectivity index (χ1) is 19.3. The summed E-state index contributed by atoms with van der Waals surface area (Å²) < 4.78 is 18.7. The van der Waals surface area contributed by atoms with Crippen molar-refractivity contribution in [3.8, 4) is 17.2 Å². The van der Waals surface area contributed by atoms with E-state index in [-0.39, 0.29) is 31.2 Å². The highest BCUT2D eigenvalue weighted by Crippen LogP contribution is 2.47. The van der Waals surface area contributed by atoms with E-state index in [0.717, 1.165) is 36.9 Å². The molecular weight excluding hydrogens is 510 g/mol. The monoisotopic (exact) mass is 554 g/mol. The van der Waals surface area contributed by atoms with Crippen molar-refractivity contribution < 1.29 is 33.5 Å². The zero-order valence-corrected chi connectivity index (χ0v) is 24.5. The number of nitrogens with zero attached hydrogens (tertiary/aromatic N) is 3. The fourth-order valence-corrected chi connectivity index (χ4v) is 6.22. The maximum atomic E-state index is 13.9. The summed E-state index contributed by atoms with van der Waals surface area (Å²) in [6, 6.07) is 7.37. The number of carboxylic acids is 1. The predicted octanol–water partition coefficient (Wildman–Crippen LogP) is 4.38. The largest absolute Gasteiger partial charge is 0.493 e. The summed E-state index contributed by atoms with van der Waals surface area (Å²) in [5.74, 6) is 0.114. The van der Waals surface area contributed by atoms with Gasteiger partial charge in [-0.05, 0) is 42.5 Å². The standard InChI is InChI=1S/C31H43N3O6/c1-6-8-13-34(23-11-9-12-32(4)17-23)28(35)19-33-18-24(29(31(36)37)25(33)14-21(3)10-7-2)22-15-26(38-5)30-27(16-22)39-20-40-30/h9,11-12,15-17,21,24-25,29H,6-8,10,13-14,18-20H2,1-5H3/p+1/t21?,24-,25+,29-/m1/s1. The zero-order chi connectivity index (χ0) is 28.8. The Bertz CT molecular complexity index is 1190. The van der Waals surface area contributed by atoms with Crippen molar-refractivity contribution in [2.24, 2.45) is 18.9 Å². The van der Waals surface area contributed by atoms with E-state index in [4.69, 9.17) is 14.2 Å². The average molecular weight is 555 g/mol. The fourth-order valence-electron chi connectivity index (χ4n) is 6.22. The third-order valence-electron chi connectivity index (χ3n) is 8.18. The van der Waals surface area contributed by atoms with Gasteiger partial charge in [0.15, 0.2) is 23.9 Å². The van der Waals surface area contributed by atoms with Crippen LogP contribution in [0, 0.1) is 11.8 Å². The number of pyridine rings is 1. The number of aliphatic carboxylic acids is 1. The smallest absolute Gasteiger partial charge is 0.308 e.